The van der Waals surface area contributed by atoms with Gasteiger partial charge in [0.2, 0.25) is 0 Å². The van der Waals surface area contributed by atoms with E-state index in [2.05, 4.69) is 29.0 Å². The molecule has 6 heteroatoms. The first-order chi connectivity index (χ1) is 13.5. The van der Waals surface area contributed by atoms with Crippen molar-refractivity contribution in [1.29, 1.82) is 0 Å². The van der Waals surface area contributed by atoms with Crippen LogP contribution in [0.3, 0.4) is 0 Å². The SMILES string of the molecule is CCN(CC)c1ccc(NC(=O)c2ccc(-c3ncccc3Cl)c(F)c2)cc1. The van der Waals surface area contributed by atoms with Gasteiger partial charge in [0.1, 0.15) is 5.82 Å². The first-order valence-electron chi connectivity index (χ1n) is 9.10. The van der Waals surface area contributed by atoms with Crippen molar-refractivity contribution in [2.45, 2.75) is 13.8 Å². The Balaban J connectivity index is 1.76. The van der Waals surface area contributed by atoms with Crippen LogP contribution >= 0.6 is 11.6 Å². The van der Waals surface area contributed by atoms with E-state index in [0.29, 0.717) is 16.4 Å². The van der Waals surface area contributed by atoms with Gasteiger partial charge >= 0.3 is 0 Å². The summed E-state index contributed by atoms with van der Waals surface area (Å²) in [4.78, 5) is 18.8. The number of benzene rings is 2. The lowest BCUT2D eigenvalue weighted by Gasteiger charge is -2.21. The summed E-state index contributed by atoms with van der Waals surface area (Å²) in [6, 6.07) is 15.2. The number of carbonyl (C=O) groups is 1. The van der Waals surface area contributed by atoms with Crippen molar-refractivity contribution in [1.82, 2.24) is 4.98 Å². The van der Waals surface area contributed by atoms with Gasteiger partial charge in [-0.3, -0.25) is 9.78 Å². The Kier molecular flexibility index (Phi) is 6.26. The van der Waals surface area contributed by atoms with Gasteiger partial charge in [-0.1, -0.05) is 11.6 Å². The van der Waals surface area contributed by atoms with Crippen LogP contribution in [0.1, 0.15) is 24.2 Å². The van der Waals surface area contributed by atoms with E-state index in [9.17, 15) is 9.18 Å². The van der Waals surface area contributed by atoms with Gasteiger partial charge in [-0.15, -0.1) is 0 Å². The highest BCUT2D eigenvalue weighted by Crippen LogP contribution is 2.28. The Bertz CT molecular complexity index is 972. The summed E-state index contributed by atoms with van der Waals surface area (Å²) >= 11 is 6.08. The standard InChI is InChI=1S/C22H21ClFN3O/c1-3-27(4-2)17-10-8-16(9-11-17)26-22(28)15-7-12-18(20(24)14-15)21-19(23)6-5-13-25-21/h5-14H,3-4H2,1-2H3,(H,26,28). The summed E-state index contributed by atoms with van der Waals surface area (Å²) < 4.78 is 14.6. The summed E-state index contributed by atoms with van der Waals surface area (Å²) in [5.41, 5.74) is 2.57. The molecule has 1 aromatic heterocycles. The van der Waals surface area contributed by atoms with Crippen molar-refractivity contribution in [3.05, 3.63) is 77.2 Å². The highest BCUT2D eigenvalue weighted by atomic mass is 35.5. The van der Waals surface area contributed by atoms with Crippen LogP contribution in [0.5, 0.6) is 0 Å². The van der Waals surface area contributed by atoms with E-state index < -0.39 is 5.82 Å². The molecule has 0 spiro atoms. The molecular weight excluding hydrogens is 377 g/mol. The maximum Gasteiger partial charge on any atom is 0.255 e. The maximum absolute atomic E-state index is 14.6. The van der Waals surface area contributed by atoms with Crippen molar-refractivity contribution in [3.8, 4) is 11.3 Å². The van der Waals surface area contributed by atoms with Crippen LogP contribution in [0.4, 0.5) is 15.8 Å². The van der Waals surface area contributed by atoms with Crippen LogP contribution in [-0.2, 0) is 0 Å². The number of hydrogen-bond donors (Lipinski definition) is 1. The van der Waals surface area contributed by atoms with Gasteiger partial charge < -0.3 is 10.2 Å². The van der Waals surface area contributed by atoms with Gasteiger partial charge in [-0.2, -0.15) is 0 Å². The van der Waals surface area contributed by atoms with Crippen molar-refractivity contribution in [3.63, 3.8) is 0 Å². The largest absolute Gasteiger partial charge is 0.372 e. The second-order valence-electron chi connectivity index (χ2n) is 6.20. The molecule has 28 heavy (non-hydrogen) atoms. The van der Waals surface area contributed by atoms with E-state index in [4.69, 9.17) is 11.6 Å². The number of anilines is 2. The second-order valence-corrected chi connectivity index (χ2v) is 6.61. The zero-order valence-electron chi connectivity index (χ0n) is 15.7. The fourth-order valence-corrected chi connectivity index (χ4v) is 3.20. The minimum Gasteiger partial charge on any atom is -0.372 e. The number of nitrogens with one attached hydrogen (secondary N) is 1. The van der Waals surface area contributed by atoms with Gasteiger partial charge in [0.25, 0.3) is 5.91 Å². The molecule has 3 aromatic rings. The molecule has 2 aromatic carbocycles. The Labute approximate surface area is 169 Å². The van der Waals surface area contributed by atoms with Gasteiger partial charge in [0, 0.05) is 41.8 Å². The van der Waals surface area contributed by atoms with Crippen molar-refractivity contribution in [2.75, 3.05) is 23.3 Å². The number of aromatic nitrogens is 1. The molecule has 4 nitrogen and oxygen atoms in total. The van der Waals surface area contributed by atoms with E-state index in [1.54, 1.807) is 24.4 Å². The zero-order valence-corrected chi connectivity index (χ0v) is 16.5. The van der Waals surface area contributed by atoms with Gasteiger partial charge in [-0.25, -0.2) is 4.39 Å². The van der Waals surface area contributed by atoms with Crippen LogP contribution in [0.15, 0.2) is 60.8 Å². The summed E-state index contributed by atoms with van der Waals surface area (Å²) in [5.74, 6) is -0.932. The van der Waals surface area contributed by atoms with E-state index in [1.807, 2.05) is 24.3 Å². The lowest BCUT2D eigenvalue weighted by atomic mass is 10.1. The average molecular weight is 398 g/mol. The molecule has 0 saturated carbocycles. The molecule has 0 aliphatic carbocycles. The van der Waals surface area contributed by atoms with Crippen LogP contribution in [-0.4, -0.2) is 24.0 Å². The predicted octanol–water partition coefficient (Wildman–Crippen LogP) is 5.64. The van der Waals surface area contributed by atoms with Crippen LogP contribution < -0.4 is 10.2 Å². The van der Waals surface area contributed by atoms with E-state index >= 15 is 0 Å². The number of hydrogen-bond acceptors (Lipinski definition) is 3. The number of halogens is 2. The van der Waals surface area contributed by atoms with Gasteiger partial charge in [0.15, 0.2) is 0 Å². The molecule has 1 heterocycles. The van der Waals surface area contributed by atoms with Crippen LogP contribution in [0.2, 0.25) is 5.02 Å². The smallest absolute Gasteiger partial charge is 0.255 e. The number of nitrogens with zero attached hydrogens (tertiary/aromatic N) is 2. The topological polar surface area (TPSA) is 45.2 Å². The number of amides is 1. The minimum atomic E-state index is -0.551. The summed E-state index contributed by atoms with van der Waals surface area (Å²) in [6.07, 6.45) is 1.54. The molecule has 0 aliphatic heterocycles. The van der Waals surface area contributed by atoms with E-state index in [1.165, 1.54) is 12.1 Å². The Morgan fingerprint density at radius 3 is 2.43 bits per heavy atom. The molecule has 0 atom stereocenters. The third-order valence-electron chi connectivity index (χ3n) is 4.50. The molecule has 0 saturated heterocycles. The fourth-order valence-electron chi connectivity index (χ4n) is 2.98. The lowest BCUT2D eigenvalue weighted by molar-refractivity contribution is 0.102. The first-order valence-corrected chi connectivity index (χ1v) is 9.48. The lowest BCUT2D eigenvalue weighted by Crippen LogP contribution is -2.21. The van der Waals surface area contributed by atoms with Gasteiger partial charge in [-0.05, 0) is 68.4 Å². The quantitative estimate of drug-likeness (QED) is 0.585. The maximum atomic E-state index is 14.6. The second kappa shape index (κ2) is 8.85. The molecule has 3 rings (SSSR count). The third-order valence-corrected chi connectivity index (χ3v) is 4.80. The first kappa shape index (κ1) is 19.8. The molecule has 0 radical (unpaired) electrons. The van der Waals surface area contributed by atoms with Crippen LogP contribution in [0.25, 0.3) is 11.3 Å². The molecule has 0 unspecified atom stereocenters. The van der Waals surface area contributed by atoms with Crippen molar-refractivity contribution < 1.29 is 9.18 Å². The third kappa shape index (κ3) is 4.31. The fraction of sp³-hybridized carbons (Fsp3) is 0.182. The minimum absolute atomic E-state index is 0.223. The molecule has 0 aliphatic rings. The Hall–Kier alpha value is -2.92. The predicted molar refractivity (Wildman–Crippen MR) is 113 cm³/mol. The zero-order chi connectivity index (χ0) is 20.1. The summed E-state index contributed by atoms with van der Waals surface area (Å²) in [5, 5.41) is 3.15. The average Bonchev–Trinajstić information content (AvgIpc) is 2.71. The van der Waals surface area contributed by atoms with E-state index in [0.717, 1.165) is 18.8 Å². The number of pyridine rings is 1. The number of rotatable bonds is 6. The van der Waals surface area contributed by atoms with Crippen molar-refractivity contribution in [2.24, 2.45) is 0 Å². The van der Waals surface area contributed by atoms with Crippen LogP contribution in [0, 0.1) is 5.82 Å². The number of carbonyl (C=O) groups excluding carboxylic acids is 1. The molecule has 0 bridgehead atoms. The molecule has 1 N–H and O–H groups in total. The summed E-state index contributed by atoms with van der Waals surface area (Å²) in [6.45, 7) is 6.01. The molecule has 0 fully saturated rings. The Morgan fingerprint density at radius 2 is 1.82 bits per heavy atom. The van der Waals surface area contributed by atoms with Crippen molar-refractivity contribution >= 4 is 28.9 Å². The molecule has 1 amide bonds. The monoisotopic (exact) mass is 397 g/mol. The highest BCUT2D eigenvalue weighted by molar-refractivity contribution is 6.33. The van der Waals surface area contributed by atoms with Gasteiger partial charge in [0.05, 0.1) is 10.7 Å². The van der Waals surface area contributed by atoms with E-state index in [-0.39, 0.29) is 17.0 Å². The molecule has 144 valence electrons. The Morgan fingerprint density at radius 1 is 1.11 bits per heavy atom. The normalized spacial score (nSPS) is 10.6. The molecular formula is C22H21ClFN3O. The summed E-state index contributed by atoms with van der Waals surface area (Å²) in [7, 11) is 0. The highest BCUT2D eigenvalue weighted by Gasteiger charge is 2.14.